The van der Waals surface area contributed by atoms with Gasteiger partial charge in [0.2, 0.25) is 0 Å². The van der Waals surface area contributed by atoms with Crippen LogP contribution in [0, 0.1) is 0 Å². The van der Waals surface area contributed by atoms with E-state index in [-0.39, 0.29) is 0 Å². The number of allylic oxidation sites excluding steroid dienone is 4. The Kier molecular flexibility index (Phi) is 12.6. The third-order valence-electron chi connectivity index (χ3n) is 0.451. The number of rotatable bonds is 1. The molecule has 9 heavy (non-hydrogen) atoms. The molecule has 0 aliphatic carbocycles. The van der Waals surface area contributed by atoms with Crippen LogP contribution in [-0.4, -0.2) is 0 Å². The summed E-state index contributed by atoms with van der Waals surface area (Å²) in [6.45, 7) is 12.9. The van der Waals surface area contributed by atoms with E-state index in [1.807, 2.05) is 32.9 Å². The van der Waals surface area contributed by atoms with E-state index in [0.717, 1.165) is 5.57 Å². The van der Waals surface area contributed by atoms with Crippen LogP contribution in [0.15, 0.2) is 37.0 Å². The molecule has 0 fully saturated rings. The summed E-state index contributed by atoms with van der Waals surface area (Å²) in [4.78, 5) is 0. The molecule has 0 aromatic carbocycles. The second kappa shape index (κ2) is 10.3. The molecule has 0 radical (unpaired) electrons. The SMILES string of the molecule is C=C(C)/C=C/C.C=CC. The Hall–Kier alpha value is -0.780. The van der Waals surface area contributed by atoms with Gasteiger partial charge in [-0.1, -0.05) is 30.4 Å². The highest BCUT2D eigenvalue weighted by Gasteiger charge is 1.63. The van der Waals surface area contributed by atoms with Gasteiger partial charge in [-0.2, -0.15) is 0 Å². The minimum absolute atomic E-state index is 1.11. The van der Waals surface area contributed by atoms with Crippen molar-refractivity contribution in [2.45, 2.75) is 20.8 Å². The first kappa shape index (κ1) is 11.1. The molecule has 0 aliphatic heterocycles. The van der Waals surface area contributed by atoms with E-state index in [4.69, 9.17) is 0 Å². The first-order valence-electron chi connectivity index (χ1n) is 3.04. The van der Waals surface area contributed by atoms with E-state index >= 15 is 0 Å². The lowest BCUT2D eigenvalue weighted by Gasteiger charge is -1.75. The molecule has 0 rings (SSSR count). The second-order valence-corrected chi connectivity index (χ2v) is 1.75. The first-order chi connectivity index (χ1) is 4.18. The largest absolute Gasteiger partial charge is 0.103 e. The third-order valence-corrected chi connectivity index (χ3v) is 0.451. The molecule has 0 unspecified atom stereocenters. The van der Waals surface area contributed by atoms with Gasteiger partial charge in [0.15, 0.2) is 0 Å². The van der Waals surface area contributed by atoms with Gasteiger partial charge in [-0.05, 0) is 20.8 Å². The highest BCUT2D eigenvalue weighted by Crippen LogP contribution is 1.85. The summed E-state index contributed by atoms with van der Waals surface area (Å²) in [6, 6.07) is 0. The smallest absolute Gasteiger partial charge is 0.0404 e. The molecule has 0 saturated heterocycles. The van der Waals surface area contributed by atoms with Crippen molar-refractivity contribution in [2.75, 3.05) is 0 Å². The molecule has 0 heterocycles. The molecular weight excluding hydrogens is 108 g/mol. The summed E-state index contributed by atoms with van der Waals surface area (Å²) in [6.07, 6.45) is 5.70. The Morgan fingerprint density at radius 2 is 1.67 bits per heavy atom. The number of hydrogen-bond acceptors (Lipinski definition) is 0. The summed E-state index contributed by atoms with van der Waals surface area (Å²) >= 11 is 0. The molecular formula is C9H16. The van der Waals surface area contributed by atoms with Crippen LogP contribution >= 0.6 is 0 Å². The van der Waals surface area contributed by atoms with Crippen molar-refractivity contribution < 1.29 is 0 Å². The second-order valence-electron chi connectivity index (χ2n) is 1.75. The Labute approximate surface area is 58.6 Å². The van der Waals surface area contributed by atoms with Crippen molar-refractivity contribution >= 4 is 0 Å². The molecule has 0 heteroatoms. The monoisotopic (exact) mass is 124 g/mol. The van der Waals surface area contributed by atoms with Crippen molar-refractivity contribution in [1.29, 1.82) is 0 Å². The molecule has 0 bridgehead atoms. The van der Waals surface area contributed by atoms with Crippen LogP contribution in [0.25, 0.3) is 0 Å². The Morgan fingerprint density at radius 1 is 1.33 bits per heavy atom. The topological polar surface area (TPSA) is 0 Å². The van der Waals surface area contributed by atoms with Gasteiger partial charge in [-0.25, -0.2) is 0 Å². The van der Waals surface area contributed by atoms with Gasteiger partial charge in [0, 0.05) is 0 Å². The quantitative estimate of drug-likeness (QED) is 0.371. The third kappa shape index (κ3) is 39.9. The van der Waals surface area contributed by atoms with Crippen LogP contribution in [0.1, 0.15) is 20.8 Å². The van der Waals surface area contributed by atoms with Crippen molar-refractivity contribution in [3.05, 3.63) is 37.0 Å². The summed E-state index contributed by atoms with van der Waals surface area (Å²) in [7, 11) is 0. The molecule has 0 saturated carbocycles. The van der Waals surface area contributed by atoms with Crippen molar-refractivity contribution in [2.24, 2.45) is 0 Å². The Balaban J connectivity index is 0. The fraction of sp³-hybridized carbons (Fsp3) is 0.333. The maximum absolute atomic E-state index is 3.66. The van der Waals surface area contributed by atoms with E-state index in [0.29, 0.717) is 0 Å². The molecule has 0 aliphatic rings. The molecule has 0 N–H and O–H groups in total. The minimum Gasteiger partial charge on any atom is -0.103 e. The van der Waals surface area contributed by atoms with Crippen LogP contribution in [0.5, 0.6) is 0 Å². The van der Waals surface area contributed by atoms with Crippen molar-refractivity contribution in [1.82, 2.24) is 0 Å². The highest BCUT2D eigenvalue weighted by atomic mass is 13.7. The molecule has 0 spiro atoms. The lowest BCUT2D eigenvalue weighted by atomic mass is 10.3. The maximum Gasteiger partial charge on any atom is -0.0404 e. The number of hydrogen-bond donors (Lipinski definition) is 0. The van der Waals surface area contributed by atoms with Crippen molar-refractivity contribution in [3.63, 3.8) is 0 Å². The summed E-state index contributed by atoms with van der Waals surface area (Å²) < 4.78 is 0. The Bertz CT molecular complexity index is 96.6. The predicted octanol–water partition coefficient (Wildman–Crippen LogP) is 3.33. The zero-order valence-corrected chi connectivity index (χ0v) is 6.65. The van der Waals surface area contributed by atoms with E-state index in [1.165, 1.54) is 0 Å². The van der Waals surface area contributed by atoms with Crippen molar-refractivity contribution in [3.8, 4) is 0 Å². The van der Waals surface area contributed by atoms with Crippen LogP contribution in [0.2, 0.25) is 0 Å². The average Bonchev–Trinajstić information content (AvgIpc) is 1.67. The van der Waals surface area contributed by atoms with Crippen LogP contribution < -0.4 is 0 Å². The normalized spacial score (nSPS) is 7.89. The van der Waals surface area contributed by atoms with Gasteiger partial charge in [0.05, 0.1) is 0 Å². The zero-order valence-electron chi connectivity index (χ0n) is 6.65. The van der Waals surface area contributed by atoms with Gasteiger partial charge in [-0.3, -0.25) is 0 Å². The van der Waals surface area contributed by atoms with Crippen LogP contribution in [-0.2, 0) is 0 Å². The van der Waals surface area contributed by atoms with Gasteiger partial charge in [0.25, 0.3) is 0 Å². The molecule has 0 amide bonds. The fourth-order valence-electron chi connectivity index (χ4n) is 0.285. The lowest BCUT2D eigenvalue weighted by Crippen LogP contribution is -1.54. The van der Waals surface area contributed by atoms with E-state index in [9.17, 15) is 0 Å². The van der Waals surface area contributed by atoms with Gasteiger partial charge in [-0.15, -0.1) is 6.58 Å². The molecule has 52 valence electrons. The molecule has 0 atom stereocenters. The minimum atomic E-state index is 1.11. The van der Waals surface area contributed by atoms with E-state index in [2.05, 4.69) is 13.2 Å². The summed E-state index contributed by atoms with van der Waals surface area (Å²) in [5.41, 5.74) is 1.11. The van der Waals surface area contributed by atoms with Crippen LogP contribution in [0.3, 0.4) is 0 Å². The van der Waals surface area contributed by atoms with Gasteiger partial charge < -0.3 is 0 Å². The summed E-state index contributed by atoms with van der Waals surface area (Å²) in [5.74, 6) is 0. The predicted molar refractivity (Wildman–Crippen MR) is 45.5 cm³/mol. The maximum atomic E-state index is 3.66. The first-order valence-corrected chi connectivity index (χ1v) is 3.04. The zero-order chi connectivity index (χ0) is 7.70. The molecule has 0 aromatic heterocycles. The average molecular weight is 124 g/mol. The van der Waals surface area contributed by atoms with Gasteiger partial charge in [0.1, 0.15) is 0 Å². The van der Waals surface area contributed by atoms with E-state index < -0.39 is 0 Å². The molecule has 0 nitrogen and oxygen atoms in total. The van der Waals surface area contributed by atoms with E-state index in [1.54, 1.807) is 6.08 Å². The lowest BCUT2D eigenvalue weighted by molar-refractivity contribution is 1.54. The van der Waals surface area contributed by atoms with Gasteiger partial charge >= 0.3 is 0 Å². The van der Waals surface area contributed by atoms with Crippen LogP contribution in [0.4, 0.5) is 0 Å². The standard InChI is InChI=1S/C6H10.C3H6/c1-4-5-6(2)3;1-3-2/h4-5H,2H2,1,3H3;3H,1H2,2H3/b5-4+;. The highest BCUT2D eigenvalue weighted by molar-refractivity contribution is 5.09. The fourth-order valence-corrected chi connectivity index (χ4v) is 0.285. The Morgan fingerprint density at radius 3 is 1.67 bits per heavy atom. The molecule has 0 aromatic rings. The summed E-state index contributed by atoms with van der Waals surface area (Å²) in [5, 5.41) is 0.